The molecular formula is C19H22N2O3. The third-order valence-corrected chi connectivity index (χ3v) is 3.44. The Hall–Kier alpha value is -2.82. The number of hydrogen-bond donors (Lipinski definition) is 2. The summed E-state index contributed by atoms with van der Waals surface area (Å²) in [5, 5.41) is 5.59. The predicted molar refractivity (Wildman–Crippen MR) is 95.1 cm³/mol. The number of nitrogens with one attached hydrogen (secondary N) is 2. The summed E-state index contributed by atoms with van der Waals surface area (Å²) in [6.07, 6.45) is 0.422. The van der Waals surface area contributed by atoms with E-state index in [1.165, 1.54) is 0 Å². The lowest BCUT2D eigenvalue weighted by Crippen LogP contribution is -2.32. The molecule has 0 fully saturated rings. The van der Waals surface area contributed by atoms with Crippen molar-refractivity contribution in [1.29, 1.82) is 0 Å². The number of ether oxygens (including phenoxy) is 1. The molecule has 126 valence electrons. The third kappa shape index (κ3) is 5.12. The normalized spacial score (nSPS) is 11.4. The minimum atomic E-state index is -0.563. The van der Waals surface area contributed by atoms with E-state index in [9.17, 15) is 9.59 Å². The molecule has 2 rings (SSSR count). The summed E-state index contributed by atoms with van der Waals surface area (Å²) in [4.78, 5) is 23.7. The van der Waals surface area contributed by atoms with Crippen LogP contribution in [-0.4, -0.2) is 17.9 Å². The van der Waals surface area contributed by atoms with Crippen molar-refractivity contribution in [2.24, 2.45) is 0 Å². The Balaban J connectivity index is 1.95. The van der Waals surface area contributed by atoms with Crippen LogP contribution in [0.4, 0.5) is 11.4 Å². The summed E-state index contributed by atoms with van der Waals surface area (Å²) in [7, 11) is 0. The zero-order valence-corrected chi connectivity index (χ0v) is 13.9. The lowest BCUT2D eigenvalue weighted by Gasteiger charge is -2.17. The van der Waals surface area contributed by atoms with Crippen LogP contribution in [0, 0.1) is 0 Å². The largest absolute Gasteiger partial charge is 0.481 e. The van der Waals surface area contributed by atoms with Crippen LogP contribution < -0.4 is 15.4 Å². The number of hydrogen-bond acceptors (Lipinski definition) is 3. The summed E-state index contributed by atoms with van der Waals surface area (Å²) in [6, 6.07) is 16.3. The van der Waals surface area contributed by atoms with Gasteiger partial charge in [-0.25, -0.2) is 0 Å². The van der Waals surface area contributed by atoms with Gasteiger partial charge in [0.15, 0.2) is 6.10 Å². The molecule has 0 aliphatic carbocycles. The molecule has 0 saturated carbocycles. The lowest BCUT2D eigenvalue weighted by molar-refractivity contribution is -0.122. The number of anilines is 2. The Kier molecular flexibility index (Phi) is 6.37. The van der Waals surface area contributed by atoms with Crippen LogP contribution in [-0.2, 0) is 9.59 Å². The molecule has 0 aliphatic rings. The maximum absolute atomic E-state index is 12.4. The van der Waals surface area contributed by atoms with Crippen molar-refractivity contribution in [2.75, 3.05) is 10.6 Å². The molecule has 0 heterocycles. The quantitative estimate of drug-likeness (QED) is 0.812. The van der Waals surface area contributed by atoms with Gasteiger partial charge < -0.3 is 15.4 Å². The molecule has 0 aromatic heterocycles. The molecule has 0 unspecified atom stereocenters. The SMILES string of the molecule is CCC(=O)Nc1ccc(NC(=O)[C@H](CC)Oc2ccccc2)cc1. The van der Waals surface area contributed by atoms with Gasteiger partial charge in [-0.2, -0.15) is 0 Å². The number of para-hydroxylation sites is 1. The highest BCUT2D eigenvalue weighted by Gasteiger charge is 2.18. The van der Waals surface area contributed by atoms with Gasteiger partial charge >= 0.3 is 0 Å². The smallest absolute Gasteiger partial charge is 0.265 e. The van der Waals surface area contributed by atoms with Crippen molar-refractivity contribution >= 4 is 23.2 Å². The second-order valence-corrected chi connectivity index (χ2v) is 5.30. The van der Waals surface area contributed by atoms with Crippen LogP contribution in [0.15, 0.2) is 54.6 Å². The summed E-state index contributed by atoms with van der Waals surface area (Å²) in [6.45, 7) is 3.69. The van der Waals surface area contributed by atoms with Gasteiger partial charge in [0.2, 0.25) is 5.91 Å². The van der Waals surface area contributed by atoms with Gasteiger partial charge in [-0.15, -0.1) is 0 Å². The minimum absolute atomic E-state index is 0.0471. The average molecular weight is 326 g/mol. The highest BCUT2D eigenvalue weighted by atomic mass is 16.5. The van der Waals surface area contributed by atoms with Crippen LogP contribution in [0.3, 0.4) is 0 Å². The second kappa shape index (κ2) is 8.72. The van der Waals surface area contributed by atoms with E-state index in [2.05, 4.69) is 10.6 Å². The molecule has 0 aliphatic heterocycles. The fraction of sp³-hybridized carbons (Fsp3) is 0.263. The van der Waals surface area contributed by atoms with Gasteiger partial charge in [0.05, 0.1) is 0 Å². The van der Waals surface area contributed by atoms with E-state index in [4.69, 9.17) is 4.74 Å². The molecule has 24 heavy (non-hydrogen) atoms. The van der Waals surface area contributed by atoms with Crippen LogP contribution in [0.1, 0.15) is 26.7 Å². The van der Waals surface area contributed by atoms with Crippen molar-refractivity contribution in [2.45, 2.75) is 32.8 Å². The van der Waals surface area contributed by atoms with E-state index in [1.807, 2.05) is 37.3 Å². The highest BCUT2D eigenvalue weighted by Crippen LogP contribution is 2.16. The van der Waals surface area contributed by atoms with E-state index in [-0.39, 0.29) is 11.8 Å². The number of carbonyl (C=O) groups is 2. The highest BCUT2D eigenvalue weighted by molar-refractivity contribution is 5.95. The van der Waals surface area contributed by atoms with Gasteiger partial charge in [-0.1, -0.05) is 32.0 Å². The zero-order chi connectivity index (χ0) is 17.4. The van der Waals surface area contributed by atoms with Gasteiger partial charge in [0, 0.05) is 17.8 Å². The van der Waals surface area contributed by atoms with E-state index < -0.39 is 6.10 Å². The molecule has 5 heteroatoms. The maximum atomic E-state index is 12.4. The topological polar surface area (TPSA) is 67.4 Å². The number of carbonyl (C=O) groups excluding carboxylic acids is 2. The Labute approximate surface area is 142 Å². The fourth-order valence-electron chi connectivity index (χ4n) is 2.09. The first-order chi connectivity index (χ1) is 11.6. The van der Waals surface area contributed by atoms with Crippen LogP contribution >= 0.6 is 0 Å². The maximum Gasteiger partial charge on any atom is 0.265 e. The molecule has 2 aromatic rings. The Bertz CT molecular complexity index is 669. The van der Waals surface area contributed by atoms with Gasteiger partial charge in [0.25, 0.3) is 5.91 Å². The van der Waals surface area contributed by atoms with E-state index in [1.54, 1.807) is 31.2 Å². The lowest BCUT2D eigenvalue weighted by atomic mass is 10.2. The number of benzene rings is 2. The van der Waals surface area contributed by atoms with E-state index in [0.717, 1.165) is 0 Å². The Morgan fingerprint density at radius 1 is 0.917 bits per heavy atom. The van der Waals surface area contributed by atoms with E-state index in [0.29, 0.717) is 30.0 Å². The molecule has 0 bridgehead atoms. The first kappa shape index (κ1) is 17.5. The Morgan fingerprint density at radius 3 is 2.04 bits per heavy atom. The molecule has 5 nitrogen and oxygen atoms in total. The summed E-state index contributed by atoms with van der Waals surface area (Å²) in [5.74, 6) is 0.415. The summed E-state index contributed by atoms with van der Waals surface area (Å²) < 4.78 is 5.72. The number of rotatable bonds is 7. The Morgan fingerprint density at radius 2 is 1.50 bits per heavy atom. The molecule has 0 spiro atoms. The van der Waals surface area contributed by atoms with Crippen LogP contribution in [0.5, 0.6) is 5.75 Å². The average Bonchev–Trinajstić information content (AvgIpc) is 2.62. The van der Waals surface area contributed by atoms with Crippen LogP contribution in [0.2, 0.25) is 0 Å². The van der Waals surface area contributed by atoms with Gasteiger partial charge in [0.1, 0.15) is 5.75 Å². The molecule has 1 atom stereocenters. The third-order valence-electron chi connectivity index (χ3n) is 3.44. The van der Waals surface area contributed by atoms with Crippen molar-refractivity contribution in [3.05, 3.63) is 54.6 Å². The van der Waals surface area contributed by atoms with Crippen molar-refractivity contribution < 1.29 is 14.3 Å². The molecule has 0 radical (unpaired) electrons. The monoisotopic (exact) mass is 326 g/mol. The molecule has 2 N–H and O–H groups in total. The number of amides is 2. The minimum Gasteiger partial charge on any atom is -0.481 e. The van der Waals surface area contributed by atoms with Crippen LogP contribution in [0.25, 0.3) is 0 Å². The predicted octanol–water partition coefficient (Wildman–Crippen LogP) is 3.83. The zero-order valence-electron chi connectivity index (χ0n) is 13.9. The van der Waals surface area contributed by atoms with Crippen molar-refractivity contribution in [3.63, 3.8) is 0 Å². The molecule has 2 aromatic carbocycles. The molecule has 0 saturated heterocycles. The second-order valence-electron chi connectivity index (χ2n) is 5.30. The standard InChI is InChI=1S/C19H22N2O3/c1-3-17(24-16-8-6-5-7-9-16)19(23)21-15-12-10-14(11-13-15)20-18(22)4-2/h5-13,17H,3-4H2,1-2H3,(H,20,22)(H,21,23)/t17-/m0/s1. The summed E-state index contributed by atoms with van der Waals surface area (Å²) in [5.41, 5.74) is 1.36. The first-order valence-corrected chi connectivity index (χ1v) is 8.04. The van der Waals surface area contributed by atoms with E-state index >= 15 is 0 Å². The van der Waals surface area contributed by atoms with Gasteiger partial charge in [-0.3, -0.25) is 9.59 Å². The van der Waals surface area contributed by atoms with Crippen molar-refractivity contribution in [1.82, 2.24) is 0 Å². The summed E-state index contributed by atoms with van der Waals surface area (Å²) >= 11 is 0. The molecule has 2 amide bonds. The van der Waals surface area contributed by atoms with Gasteiger partial charge in [-0.05, 0) is 42.8 Å². The van der Waals surface area contributed by atoms with Crippen molar-refractivity contribution in [3.8, 4) is 5.75 Å². The first-order valence-electron chi connectivity index (χ1n) is 8.04. The molecular weight excluding hydrogens is 304 g/mol. The fourth-order valence-corrected chi connectivity index (χ4v) is 2.09.